The number of halogens is 2. The smallest absolute Gasteiger partial charge is 0.267 e. The van der Waals surface area contributed by atoms with E-state index in [4.69, 9.17) is 23.2 Å². The Bertz CT molecular complexity index is 657. The van der Waals surface area contributed by atoms with Gasteiger partial charge in [0.25, 0.3) is 5.91 Å². The monoisotopic (exact) mass is 320 g/mol. The molecule has 0 bridgehead atoms. The molecule has 0 fully saturated rings. The van der Waals surface area contributed by atoms with Gasteiger partial charge in [0.1, 0.15) is 0 Å². The Kier molecular flexibility index (Phi) is 5.37. The van der Waals surface area contributed by atoms with Crippen molar-refractivity contribution >= 4 is 35.3 Å². The summed E-state index contributed by atoms with van der Waals surface area (Å²) in [6.07, 6.45) is 1.69. The molecule has 0 saturated carbocycles. The molecule has 1 N–H and O–H groups in total. The van der Waals surface area contributed by atoms with Crippen LogP contribution in [-0.2, 0) is 0 Å². The Labute approximate surface area is 133 Å². The zero-order valence-electron chi connectivity index (χ0n) is 11.4. The molecule has 2 aromatic carbocycles. The van der Waals surface area contributed by atoms with E-state index in [1.807, 2.05) is 37.3 Å². The lowest BCUT2D eigenvalue weighted by molar-refractivity contribution is 0.0955. The standard InChI is InChI=1S/C16H14Cl2N2O/c1-11(12-5-3-2-4-6-12)10-19-20-16(21)13-7-8-14(17)15(18)9-13/h2-11H,1H3,(H,20,21)/b19-10-/t11-/m0/s1. The van der Waals surface area contributed by atoms with Crippen molar-refractivity contribution in [3.63, 3.8) is 0 Å². The molecule has 0 unspecified atom stereocenters. The minimum Gasteiger partial charge on any atom is -0.267 e. The molecule has 0 spiro atoms. The minimum absolute atomic E-state index is 0.111. The Morgan fingerprint density at radius 1 is 1.14 bits per heavy atom. The van der Waals surface area contributed by atoms with Crippen LogP contribution in [-0.4, -0.2) is 12.1 Å². The van der Waals surface area contributed by atoms with Crippen LogP contribution in [0.1, 0.15) is 28.8 Å². The molecule has 0 aliphatic carbocycles. The molecule has 0 aromatic heterocycles. The third-order valence-electron chi connectivity index (χ3n) is 2.97. The van der Waals surface area contributed by atoms with E-state index in [9.17, 15) is 4.79 Å². The molecule has 5 heteroatoms. The summed E-state index contributed by atoms with van der Waals surface area (Å²) in [4.78, 5) is 11.9. The van der Waals surface area contributed by atoms with E-state index in [2.05, 4.69) is 10.5 Å². The number of hydrogen-bond donors (Lipinski definition) is 1. The van der Waals surface area contributed by atoms with Gasteiger partial charge >= 0.3 is 0 Å². The summed E-state index contributed by atoms with van der Waals surface area (Å²) in [7, 11) is 0. The van der Waals surface area contributed by atoms with Gasteiger partial charge in [0.05, 0.1) is 10.0 Å². The first-order chi connectivity index (χ1) is 10.1. The van der Waals surface area contributed by atoms with E-state index in [1.54, 1.807) is 18.3 Å². The maximum atomic E-state index is 11.9. The van der Waals surface area contributed by atoms with Gasteiger partial charge in [0.2, 0.25) is 0 Å². The first-order valence-electron chi connectivity index (χ1n) is 6.41. The summed E-state index contributed by atoms with van der Waals surface area (Å²) in [6, 6.07) is 14.6. The summed E-state index contributed by atoms with van der Waals surface area (Å²) >= 11 is 11.7. The minimum atomic E-state index is -0.329. The Morgan fingerprint density at radius 2 is 1.86 bits per heavy atom. The highest BCUT2D eigenvalue weighted by atomic mass is 35.5. The number of benzene rings is 2. The molecule has 0 saturated heterocycles. The van der Waals surface area contributed by atoms with Crippen molar-refractivity contribution in [2.75, 3.05) is 0 Å². The highest BCUT2D eigenvalue weighted by molar-refractivity contribution is 6.42. The third kappa shape index (κ3) is 4.31. The van der Waals surface area contributed by atoms with Gasteiger partial charge in [-0.25, -0.2) is 5.43 Å². The van der Waals surface area contributed by atoms with E-state index in [0.717, 1.165) is 5.56 Å². The fourth-order valence-electron chi connectivity index (χ4n) is 1.75. The third-order valence-corrected chi connectivity index (χ3v) is 3.71. The average Bonchev–Trinajstić information content (AvgIpc) is 2.50. The second-order valence-corrected chi connectivity index (χ2v) is 5.36. The Morgan fingerprint density at radius 3 is 2.52 bits per heavy atom. The first kappa shape index (κ1) is 15.5. The fraction of sp³-hybridized carbons (Fsp3) is 0.125. The number of carbonyl (C=O) groups excluding carboxylic acids is 1. The van der Waals surface area contributed by atoms with Crippen LogP contribution in [0.25, 0.3) is 0 Å². The molecule has 3 nitrogen and oxygen atoms in total. The quantitative estimate of drug-likeness (QED) is 0.653. The zero-order chi connectivity index (χ0) is 15.2. The van der Waals surface area contributed by atoms with Gasteiger partial charge in [-0.05, 0) is 23.8 Å². The first-order valence-corrected chi connectivity index (χ1v) is 7.17. The zero-order valence-corrected chi connectivity index (χ0v) is 12.9. The van der Waals surface area contributed by atoms with Crippen LogP contribution in [0.2, 0.25) is 10.0 Å². The summed E-state index contributed by atoms with van der Waals surface area (Å²) in [5, 5.41) is 4.73. The SMILES string of the molecule is C[C@@H](/C=N\NC(=O)c1ccc(Cl)c(Cl)c1)c1ccccc1. The van der Waals surface area contributed by atoms with E-state index >= 15 is 0 Å². The summed E-state index contributed by atoms with van der Waals surface area (Å²) < 4.78 is 0. The van der Waals surface area contributed by atoms with Crippen LogP contribution in [0.3, 0.4) is 0 Å². The number of amides is 1. The van der Waals surface area contributed by atoms with Crippen molar-refractivity contribution in [3.05, 3.63) is 69.7 Å². The number of nitrogens with one attached hydrogen (secondary N) is 1. The van der Waals surface area contributed by atoms with Gasteiger partial charge in [0, 0.05) is 17.7 Å². The van der Waals surface area contributed by atoms with Gasteiger partial charge in [-0.1, -0.05) is 60.5 Å². The van der Waals surface area contributed by atoms with Crippen molar-refractivity contribution in [3.8, 4) is 0 Å². The maximum Gasteiger partial charge on any atom is 0.271 e. The lowest BCUT2D eigenvalue weighted by Gasteiger charge is -2.05. The molecule has 2 aromatic rings. The molecule has 0 aliphatic rings. The van der Waals surface area contributed by atoms with Crippen LogP contribution in [0.5, 0.6) is 0 Å². The molecule has 0 aliphatic heterocycles. The van der Waals surface area contributed by atoms with Gasteiger partial charge in [-0.3, -0.25) is 4.79 Å². The van der Waals surface area contributed by atoms with Crippen molar-refractivity contribution < 1.29 is 4.79 Å². The van der Waals surface area contributed by atoms with Crippen LogP contribution >= 0.6 is 23.2 Å². The molecule has 1 amide bonds. The lowest BCUT2D eigenvalue weighted by atomic mass is 10.0. The molecule has 2 rings (SSSR count). The second-order valence-electron chi connectivity index (χ2n) is 4.55. The summed E-state index contributed by atoms with van der Waals surface area (Å²) in [6.45, 7) is 2.00. The second kappa shape index (κ2) is 7.25. The van der Waals surface area contributed by atoms with Gasteiger partial charge in [-0.15, -0.1) is 0 Å². The predicted molar refractivity (Wildman–Crippen MR) is 87.3 cm³/mol. The summed E-state index contributed by atoms with van der Waals surface area (Å²) in [5.74, 6) is -0.217. The normalized spacial score (nSPS) is 12.3. The van der Waals surface area contributed by atoms with Crippen LogP contribution in [0, 0.1) is 0 Å². The molecule has 0 radical (unpaired) electrons. The van der Waals surface area contributed by atoms with Gasteiger partial charge in [-0.2, -0.15) is 5.10 Å². The van der Waals surface area contributed by atoms with Crippen molar-refractivity contribution in [1.29, 1.82) is 0 Å². The number of hydrogen-bond acceptors (Lipinski definition) is 2. The molecule has 108 valence electrons. The van der Waals surface area contributed by atoms with Crippen LogP contribution < -0.4 is 5.43 Å². The number of rotatable bonds is 4. The van der Waals surface area contributed by atoms with E-state index < -0.39 is 0 Å². The predicted octanol–water partition coefficient (Wildman–Crippen LogP) is 4.51. The molecular weight excluding hydrogens is 307 g/mol. The molecule has 21 heavy (non-hydrogen) atoms. The topological polar surface area (TPSA) is 41.5 Å². The van der Waals surface area contributed by atoms with E-state index in [0.29, 0.717) is 15.6 Å². The van der Waals surface area contributed by atoms with Crippen molar-refractivity contribution in [1.82, 2.24) is 5.43 Å². The lowest BCUT2D eigenvalue weighted by Crippen LogP contribution is -2.18. The maximum absolute atomic E-state index is 11.9. The van der Waals surface area contributed by atoms with Gasteiger partial charge < -0.3 is 0 Å². The van der Waals surface area contributed by atoms with E-state index in [-0.39, 0.29) is 11.8 Å². The number of hydrazone groups is 1. The summed E-state index contributed by atoms with van der Waals surface area (Å²) in [5.41, 5.74) is 4.02. The molecule has 0 heterocycles. The number of nitrogens with zero attached hydrogens (tertiary/aromatic N) is 1. The number of carbonyl (C=O) groups is 1. The van der Waals surface area contributed by atoms with Crippen molar-refractivity contribution in [2.24, 2.45) is 5.10 Å². The van der Waals surface area contributed by atoms with Crippen LogP contribution in [0.4, 0.5) is 0 Å². The Hall–Kier alpha value is -1.84. The highest BCUT2D eigenvalue weighted by Gasteiger charge is 2.07. The van der Waals surface area contributed by atoms with Crippen LogP contribution in [0.15, 0.2) is 53.6 Å². The Balaban J connectivity index is 1.97. The highest BCUT2D eigenvalue weighted by Crippen LogP contribution is 2.22. The molecule has 1 atom stereocenters. The fourth-order valence-corrected chi connectivity index (χ4v) is 2.05. The van der Waals surface area contributed by atoms with Gasteiger partial charge in [0.15, 0.2) is 0 Å². The molecular formula is C16H14Cl2N2O. The van der Waals surface area contributed by atoms with Crippen molar-refractivity contribution in [2.45, 2.75) is 12.8 Å². The largest absolute Gasteiger partial charge is 0.271 e. The average molecular weight is 321 g/mol. The van der Waals surface area contributed by atoms with E-state index in [1.165, 1.54) is 6.07 Å².